The first-order valence-corrected chi connectivity index (χ1v) is 5.33. The fraction of sp³-hybridized carbons (Fsp3) is 0.111. The molecule has 0 bridgehead atoms. The average Bonchev–Trinajstić information content (AvgIpc) is 2.12. The Morgan fingerprint density at radius 1 is 1.21 bits per heavy atom. The van der Waals surface area contributed by atoms with E-state index >= 15 is 0 Å². The largest absolute Gasteiger partial charge is 0.380 e. The van der Waals surface area contributed by atoms with Crippen LogP contribution in [0.1, 0.15) is 0 Å². The lowest BCUT2D eigenvalue weighted by Gasteiger charge is -2.05. The fourth-order valence-corrected chi connectivity index (χ4v) is 1.55. The van der Waals surface area contributed by atoms with E-state index in [1.54, 1.807) is 18.2 Å². The lowest BCUT2D eigenvalue weighted by Crippen LogP contribution is -2.00. The molecule has 0 aliphatic heterocycles. The number of hydrogen-bond acceptors (Lipinski definition) is 1. The van der Waals surface area contributed by atoms with E-state index in [0.29, 0.717) is 21.6 Å². The van der Waals surface area contributed by atoms with E-state index in [-0.39, 0.29) is 0 Å². The molecule has 0 aliphatic carbocycles. The first-order chi connectivity index (χ1) is 6.61. The van der Waals surface area contributed by atoms with Gasteiger partial charge in [0, 0.05) is 26.3 Å². The van der Waals surface area contributed by atoms with Crippen molar-refractivity contribution >= 4 is 52.1 Å². The molecule has 0 spiro atoms. The molecule has 1 aromatic rings. The van der Waals surface area contributed by atoms with Crippen LogP contribution in [0.4, 0.5) is 5.69 Å². The number of nitrogens with one attached hydrogen (secondary N) is 1. The Labute approximate surface area is 103 Å². The van der Waals surface area contributed by atoms with E-state index < -0.39 is 0 Å². The van der Waals surface area contributed by atoms with Gasteiger partial charge in [-0.3, -0.25) is 0 Å². The summed E-state index contributed by atoms with van der Waals surface area (Å²) in [6.45, 7) is 0.446. The van der Waals surface area contributed by atoms with Gasteiger partial charge in [-0.1, -0.05) is 46.4 Å². The van der Waals surface area contributed by atoms with Crippen molar-refractivity contribution in [3.05, 3.63) is 38.8 Å². The summed E-state index contributed by atoms with van der Waals surface area (Å²) in [6.07, 6.45) is 0. The molecule has 1 rings (SSSR count). The van der Waals surface area contributed by atoms with Gasteiger partial charge in [0.1, 0.15) is 0 Å². The lowest BCUT2D eigenvalue weighted by atomic mass is 10.3. The third-order valence-electron chi connectivity index (χ3n) is 1.44. The van der Waals surface area contributed by atoms with Gasteiger partial charge < -0.3 is 5.32 Å². The summed E-state index contributed by atoms with van der Waals surface area (Å²) in [5.41, 5.74) is 2.11. The SMILES string of the molecule is ClC=C(Cl)CNc1cc(Cl)cc(Cl)c1. The molecule has 0 amide bonds. The van der Waals surface area contributed by atoms with Crippen LogP contribution < -0.4 is 5.32 Å². The average molecular weight is 271 g/mol. The van der Waals surface area contributed by atoms with Crippen LogP contribution in [-0.4, -0.2) is 6.54 Å². The molecule has 0 atom stereocenters. The summed E-state index contributed by atoms with van der Waals surface area (Å²) in [5, 5.41) is 4.69. The van der Waals surface area contributed by atoms with Crippen LogP contribution in [0.25, 0.3) is 0 Å². The molecule has 0 saturated heterocycles. The molecule has 0 radical (unpaired) electrons. The van der Waals surface area contributed by atoms with E-state index in [1.807, 2.05) is 0 Å². The maximum absolute atomic E-state index is 5.80. The Hall–Kier alpha value is -0.0800. The number of hydrogen-bond donors (Lipinski definition) is 1. The highest BCUT2D eigenvalue weighted by atomic mass is 35.5. The number of anilines is 1. The van der Waals surface area contributed by atoms with E-state index in [9.17, 15) is 0 Å². The summed E-state index contributed by atoms with van der Waals surface area (Å²) in [7, 11) is 0. The van der Waals surface area contributed by atoms with Gasteiger partial charge in [-0.15, -0.1) is 0 Å². The predicted octanol–water partition coefficient (Wildman–Crippen LogP) is 4.72. The van der Waals surface area contributed by atoms with Crippen molar-refractivity contribution in [2.45, 2.75) is 0 Å². The van der Waals surface area contributed by atoms with Gasteiger partial charge in [-0.05, 0) is 18.2 Å². The standard InChI is InChI=1S/C9H7Cl4N/c10-4-8(13)5-14-9-2-6(11)1-7(12)3-9/h1-4,14H,5H2. The van der Waals surface area contributed by atoms with Gasteiger partial charge in [0.25, 0.3) is 0 Å². The minimum atomic E-state index is 0.446. The highest BCUT2D eigenvalue weighted by Gasteiger charge is 1.98. The second kappa shape index (κ2) is 5.72. The first kappa shape index (κ1) is 12.0. The molecule has 0 aliphatic rings. The zero-order valence-corrected chi connectivity index (χ0v) is 10.1. The maximum Gasteiger partial charge on any atom is 0.0516 e. The van der Waals surface area contributed by atoms with Crippen molar-refractivity contribution in [2.75, 3.05) is 11.9 Å². The van der Waals surface area contributed by atoms with Crippen molar-refractivity contribution in [3.8, 4) is 0 Å². The molecular weight excluding hydrogens is 264 g/mol. The lowest BCUT2D eigenvalue weighted by molar-refractivity contribution is 1.31. The van der Waals surface area contributed by atoms with E-state index in [1.165, 1.54) is 5.54 Å². The Bertz CT molecular complexity index is 328. The summed E-state index contributed by atoms with van der Waals surface area (Å²) in [6, 6.07) is 5.17. The number of benzene rings is 1. The normalized spacial score (nSPS) is 11.6. The van der Waals surface area contributed by atoms with Crippen molar-refractivity contribution in [1.82, 2.24) is 0 Å². The van der Waals surface area contributed by atoms with Gasteiger partial charge in [-0.2, -0.15) is 0 Å². The molecule has 1 N–H and O–H groups in total. The maximum atomic E-state index is 5.80. The number of halogens is 4. The van der Waals surface area contributed by atoms with Crippen LogP contribution in [0.3, 0.4) is 0 Å². The van der Waals surface area contributed by atoms with E-state index in [4.69, 9.17) is 46.4 Å². The van der Waals surface area contributed by atoms with Crippen molar-refractivity contribution in [1.29, 1.82) is 0 Å². The molecule has 0 unspecified atom stereocenters. The van der Waals surface area contributed by atoms with Crippen molar-refractivity contribution < 1.29 is 0 Å². The highest BCUT2D eigenvalue weighted by molar-refractivity contribution is 6.37. The molecular formula is C9H7Cl4N. The Kier molecular flexibility index (Phi) is 4.90. The van der Waals surface area contributed by atoms with Crippen molar-refractivity contribution in [3.63, 3.8) is 0 Å². The second-order valence-corrected chi connectivity index (χ2v) is 4.14. The van der Waals surface area contributed by atoms with Crippen LogP contribution in [0.5, 0.6) is 0 Å². The fourth-order valence-electron chi connectivity index (χ4n) is 0.881. The molecule has 0 heterocycles. The van der Waals surface area contributed by atoms with E-state index in [0.717, 1.165) is 5.69 Å². The third kappa shape index (κ3) is 3.97. The van der Waals surface area contributed by atoms with Gasteiger partial charge in [0.05, 0.1) is 6.54 Å². The molecule has 1 nitrogen and oxygen atoms in total. The van der Waals surface area contributed by atoms with Crippen molar-refractivity contribution in [2.24, 2.45) is 0 Å². The Morgan fingerprint density at radius 3 is 2.29 bits per heavy atom. The summed E-state index contributed by atoms with van der Waals surface area (Å²) < 4.78 is 0. The van der Waals surface area contributed by atoms with Crippen LogP contribution >= 0.6 is 46.4 Å². The molecule has 76 valence electrons. The topological polar surface area (TPSA) is 12.0 Å². The van der Waals surface area contributed by atoms with Gasteiger partial charge in [-0.25, -0.2) is 0 Å². The quantitative estimate of drug-likeness (QED) is 0.838. The van der Waals surface area contributed by atoms with Gasteiger partial charge >= 0.3 is 0 Å². The van der Waals surface area contributed by atoms with Crippen LogP contribution in [0.15, 0.2) is 28.8 Å². The minimum absolute atomic E-state index is 0.446. The van der Waals surface area contributed by atoms with Gasteiger partial charge in [0.15, 0.2) is 0 Å². The Morgan fingerprint density at radius 2 is 1.79 bits per heavy atom. The number of rotatable bonds is 3. The molecule has 1 aromatic carbocycles. The van der Waals surface area contributed by atoms with E-state index in [2.05, 4.69) is 5.32 Å². The summed E-state index contributed by atoms with van der Waals surface area (Å²) in [5.74, 6) is 0. The third-order valence-corrected chi connectivity index (χ3v) is 2.50. The highest BCUT2D eigenvalue weighted by Crippen LogP contribution is 2.22. The molecule has 0 fully saturated rings. The Balaban J connectivity index is 2.67. The second-order valence-electron chi connectivity index (χ2n) is 2.57. The van der Waals surface area contributed by atoms with Crippen LogP contribution in [0.2, 0.25) is 10.0 Å². The summed E-state index contributed by atoms with van der Waals surface area (Å²) in [4.78, 5) is 0. The molecule has 5 heteroatoms. The monoisotopic (exact) mass is 269 g/mol. The molecule has 0 saturated carbocycles. The van der Waals surface area contributed by atoms with Crippen LogP contribution in [0, 0.1) is 0 Å². The molecule has 0 aromatic heterocycles. The summed E-state index contributed by atoms with van der Waals surface area (Å²) >= 11 is 22.7. The zero-order valence-electron chi connectivity index (χ0n) is 7.03. The smallest absolute Gasteiger partial charge is 0.0516 e. The minimum Gasteiger partial charge on any atom is -0.380 e. The zero-order chi connectivity index (χ0) is 10.6. The first-order valence-electron chi connectivity index (χ1n) is 3.76. The van der Waals surface area contributed by atoms with Gasteiger partial charge in [0.2, 0.25) is 0 Å². The molecule has 14 heavy (non-hydrogen) atoms. The van der Waals surface area contributed by atoms with Crippen LogP contribution in [-0.2, 0) is 0 Å². The predicted molar refractivity (Wildman–Crippen MR) is 64.7 cm³/mol.